The van der Waals surface area contributed by atoms with Crippen molar-refractivity contribution >= 4 is 23.6 Å². The van der Waals surface area contributed by atoms with E-state index in [1.54, 1.807) is 31.4 Å². The lowest BCUT2D eigenvalue weighted by Gasteiger charge is -2.70. The van der Waals surface area contributed by atoms with Crippen LogP contribution in [0, 0.1) is 50.2 Å². The molecule has 0 unspecified atom stereocenters. The fourth-order valence-corrected chi connectivity index (χ4v) is 11.7. The van der Waals surface area contributed by atoms with E-state index in [9.17, 15) is 19.5 Å². The zero-order valence-electron chi connectivity index (χ0n) is 30.1. The van der Waals surface area contributed by atoms with Crippen LogP contribution < -0.4 is 9.47 Å². The first-order valence-electron chi connectivity index (χ1n) is 17.9. The molecule has 256 valence electrons. The molecule has 0 spiro atoms. The van der Waals surface area contributed by atoms with Gasteiger partial charge in [-0.2, -0.15) is 0 Å². The fourth-order valence-electron chi connectivity index (χ4n) is 11.7. The standard InChI is InChI=1S/C41H56O6/c1-25(42)10-11-26-12-13-27(46-9)22-31(26)47-35(45)38(5)19-18-37(4)20-21-40(7)28(29(37)24-38)23-30(43)34-39(6)16-15-33(44)36(2,3)32(39)14-17-41(34,40)8/h10-13,22-23,29,32-34,44H,14-21,24H2,1-9H3/b11-10+/t29-,32-,33-,34+,37+,38-,39-,40+,41+/m0/s1. The van der Waals surface area contributed by atoms with Crippen LogP contribution in [0.25, 0.3) is 6.08 Å². The first-order chi connectivity index (χ1) is 21.8. The maximum atomic E-state index is 14.6. The molecule has 4 fully saturated rings. The Morgan fingerprint density at radius 1 is 0.936 bits per heavy atom. The van der Waals surface area contributed by atoms with Crippen molar-refractivity contribution in [3.05, 3.63) is 41.5 Å². The first kappa shape index (κ1) is 34.1. The molecule has 1 N–H and O–H groups in total. The number of carbonyl (C=O) groups is 3. The molecule has 1 aromatic rings. The van der Waals surface area contributed by atoms with Gasteiger partial charge in [0.15, 0.2) is 11.6 Å². The highest BCUT2D eigenvalue weighted by atomic mass is 16.5. The van der Waals surface area contributed by atoms with E-state index in [2.05, 4.69) is 41.5 Å². The summed E-state index contributed by atoms with van der Waals surface area (Å²) in [6, 6.07) is 5.29. The normalized spacial score (nSPS) is 42.3. The zero-order chi connectivity index (χ0) is 34.4. The second-order valence-corrected chi connectivity index (χ2v) is 17.9. The summed E-state index contributed by atoms with van der Waals surface area (Å²) in [5.41, 5.74) is 0.466. The van der Waals surface area contributed by atoms with Gasteiger partial charge >= 0.3 is 5.97 Å². The number of benzene rings is 1. The number of hydrogen-bond acceptors (Lipinski definition) is 6. The highest BCUT2D eigenvalue weighted by Gasteiger charge is 2.70. The molecular weight excluding hydrogens is 588 g/mol. The quantitative estimate of drug-likeness (QED) is 0.196. The number of methoxy groups -OCH3 is 1. The number of carbonyl (C=O) groups excluding carboxylic acids is 3. The van der Waals surface area contributed by atoms with Crippen molar-refractivity contribution in [1.29, 1.82) is 0 Å². The third-order valence-corrected chi connectivity index (χ3v) is 15.0. The van der Waals surface area contributed by atoms with Gasteiger partial charge in [-0.1, -0.05) is 47.1 Å². The van der Waals surface area contributed by atoms with Crippen molar-refractivity contribution in [1.82, 2.24) is 0 Å². The van der Waals surface area contributed by atoms with Gasteiger partial charge in [-0.3, -0.25) is 14.4 Å². The molecule has 6 nitrogen and oxygen atoms in total. The third kappa shape index (κ3) is 5.01. The lowest BCUT2D eigenvalue weighted by Crippen LogP contribution is -2.66. The van der Waals surface area contributed by atoms with Gasteiger partial charge < -0.3 is 14.6 Å². The van der Waals surface area contributed by atoms with Gasteiger partial charge in [-0.15, -0.1) is 0 Å². The summed E-state index contributed by atoms with van der Waals surface area (Å²) in [5, 5.41) is 11.0. The smallest absolute Gasteiger partial charge is 0.317 e. The van der Waals surface area contributed by atoms with Crippen molar-refractivity contribution in [2.24, 2.45) is 50.2 Å². The topological polar surface area (TPSA) is 89.9 Å². The Hall–Kier alpha value is -2.73. The number of ether oxygens (including phenoxy) is 2. The number of ketones is 2. The Labute approximate surface area is 281 Å². The van der Waals surface area contributed by atoms with Crippen molar-refractivity contribution in [3.63, 3.8) is 0 Å². The molecule has 0 saturated heterocycles. The number of esters is 1. The molecule has 0 bridgehead atoms. The van der Waals surface area contributed by atoms with Gasteiger partial charge in [0.05, 0.1) is 18.6 Å². The second kappa shape index (κ2) is 11.1. The predicted octanol–water partition coefficient (Wildman–Crippen LogP) is 8.54. The number of fused-ring (bicyclic) bond motifs is 7. The molecule has 0 radical (unpaired) electrons. The summed E-state index contributed by atoms with van der Waals surface area (Å²) < 4.78 is 11.6. The van der Waals surface area contributed by atoms with E-state index in [1.807, 2.05) is 13.0 Å². The molecule has 0 aliphatic heterocycles. The van der Waals surface area contributed by atoms with E-state index in [0.717, 1.165) is 51.4 Å². The number of aliphatic hydroxyl groups is 1. The molecule has 4 saturated carbocycles. The summed E-state index contributed by atoms with van der Waals surface area (Å²) >= 11 is 0. The molecule has 0 amide bonds. The van der Waals surface area contributed by atoms with Crippen LogP contribution in [0.5, 0.6) is 11.5 Å². The minimum absolute atomic E-state index is 0.0119. The van der Waals surface area contributed by atoms with Gasteiger partial charge in [0.25, 0.3) is 0 Å². The first-order valence-corrected chi connectivity index (χ1v) is 17.9. The summed E-state index contributed by atoms with van der Waals surface area (Å²) in [6.45, 7) is 17.5. The molecule has 1 aromatic carbocycles. The number of aliphatic hydroxyl groups excluding tert-OH is 1. The summed E-state index contributed by atoms with van der Waals surface area (Å²) in [5.74, 6) is 1.17. The molecule has 9 atom stereocenters. The van der Waals surface area contributed by atoms with Gasteiger partial charge in [-0.25, -0.2) is 0 Å². The molecule has 0 heterocycles. The average Bonchev–Trinajstić information content (AvgIpc) is 3.00. The Morgan fingerprint density at radius 2 is 1.64 bits per heavy atom. The second-order valence-electron chi connectivity index (χ2n) is 17.9. The number of rotatable bonds is 5. The maximum Gasteiger partial charge on any atom is 0.317 e. The van der Waals surface area contributed by atoms with Crippen molar-refractivity contribution in [2.45, 2.75) is 119 Å². The van der Waals surface area contributed by atoms with Gasteiger partial charge in [-0.05, 0) is 141 Å². The lowest BCUT2D eigenvalue weighted by molar-refractivity contribution is -0.202. The van der Waals surface area contributed by atoms with Crippen LogP contribution in [-0.4, -0.2) is 35.9 Å². The largest absolute Gasteiger partial charge is 0.497 e. The van der Waals surface area contributed by atoms with Gasteiger partial charge in [0, 0.05) is 17.5 Å². The minimum Gasteiger partial charge on any atom is -0.497 e. The van der Waals surface area contributed by atoms with Crippen molar-refractivity contribution < 1.29 is 29.0 Å². The van der Waals surface area contributed by atoms with Crippen molar-refractivity contribution in [3.8, 4) is 11.5 Å². The minimum atomic E-state index is -0.734. The molecule has 47 heavy (non-hydrogen) atoms. The molecule has 6 heteroatoms. The zero-order valence-corrected chi connectivity index (χ0v) is 30.1. The summed E-state index contributed by atoms with van der Waals surface area (Å²) in [7, 11) is 1.57. The Bertz CT molecular complexity index is 1550. The Morgan fingerprint density at radius 3 is 2.32 bits per heavy atom. The van der Waals surface area contributed by atoms with Crippen LogP contribution in [0.1, 0.15) is 119 Å². The van der Waals surface area contributed by atoms with E-state index < -0.39 is 5.41 Å². The van der Waals surface area contributed by atoms with E-state index in [0.29, 0.717) is 29.4 Å². The van der Waals surface area contributed by atoms with Crippen LogP contribution in [0.3, 0.4) is 0 Å². The number of hydrogen-bond donors (Lipinski definition) is 1. The third-order valence-electron chi connectivity index (χ3n) is 15.0. The van der Waals surface area contributed by atoms with Crippen LogP contribution in [-0.2, 0) is 14.4 Å². The fraction of sp³-hybridized carbons (Fsp3) is 0.683. The highest BCUT2D eigenvalue weighted by Crippen LogP contribution is 2.75. The maximum absolute atomic E-state index is 14.6. The average molecular weight is 645 g/mol. The summed E-state index contributed by atoms with van der Waals surface area (Å²) in [4.78, 5) is 40.5. The van der Waals surface area contributed by atoms with Crippen molar-refractivity contribution in [2.75, 3.05) is 7.11 Å². The Kier molecular flexibility index (Phi) is 8.10. The molecule has 0 aromatic heterocycles. The highest BCUT2D eigenvalue weighted by molar-refractivity contribution is 5.96. The van der Waals surface area contributed by atoms with E-state index >= 15 is 0 Å². The lowest BCUT2D eigenvalue weighted by atomic mass is 9.33. The molecule has 6 rings (SSSR count). The predicted molar refractivity (Wildman–Crippen MR) is 184 cm³/mol. The summed E-state index contributed by atoms with van der Waals surface area (Å²) in [6.07, 6.45) is 12.9. The molecular formula is C41H56O6. The van der Waals surface area contributed by atoms with E-state index in [-0.39, 0.29) is 62.6 Å². The number of allylic oxidation sites excluding steroid dienone is 3. The van der Waals surface area contributed by atoms with E-state index in [4.69, 9.17) is 9.47 Å². The van der Waals surface area contributed by atoms with Crippen LogP contribution in [0.2, 0.25) is 0 Å². The molecule has 5 aliphatic rings. The Balaban J connectivity index is 1.34. The van der Waals surface area contributed by atoms with Crippen LogP contribution in [0.4, 0.5) is 0 Å². The monoisotopic (exact) mass is 644 g/mol. The van der Waals surface area contributed by atoms with Gasteiger partial charge in [0.2, 0.25) is 0 Å². The van der Waals surface area contributed by atoms with Gasteiger partial charge in [0.1, 0.15) is 11.5 Å². The SMILES string of the molecule is COc1ccc(/C=C/C(C)=O)c(OC(=O)[C@@]2(C)CC[C@]3(C)CC[C@]4(C)C(=CC(=O)[C@@H]5[C@@]6(C)CC[C@H](O)C(C)(C)[C@@H]6CC[C@]54C)[C@@H]3C2)c1. The van der Waals surface area contributed by atoms with Crippen LogP contribution >= 0.6 is 0 Å². The van der Waals surface area contributed by atoms with E-state index in [1.165, 1.54) is 18.6 Å². The molecule has 5 aliphatic carbocycles. The van der Waals surface area contributed by atoms with Crippen LogP contribution in [0.15, 0.2) is 35.9 Å².